The molecule has 0 atom stereocenters. The molecule has 3 aromatic carbocycles. The van der Waals surface area contributed by atoms with E-state index < -0.39 is 17.7 Å². The maximum Gasteiger partial charge on any atom is 0.307 e. The van der Waals surface area contributed by atoms with Crippen molar-refractivity contribution in [2.75, 3.05) is 0 Å². The number of halogens is 1. The lowest BCUT2D eigenvalue weighted by Gasteiger charge is -2.12. The van der Waals surface area contributed by atoms with Gasteiger partial charge >= 0.3 is 5.97 Å². The Morgan fingerprint density at radius 2 is 1.72 bits per heavy atom. The zero-order valence-corrected chi connectivity index (χ0v) is 15.6. The largest absolute Gasteiger partial charge is 0.489 e. The first-order valence-electron chi connectivity index (χ1n) is 9.01. The van der Waals surface area contributed by atoms with E-state index in [1.165, 1.54) is 6.07 Å². The standard InChI is InChI=1S/C23H20FNO4/c24-20-9-8-16(14-29-21-7-2-1-5-18(21)13-23(27)28)11-19(20)17-6-3-4-15(10-17)12-22(25)26/h1-11H,12-14H2,(H2,25,26)(H,27,28). The number of primary amides is 1. The number of aliphatic carboxylic acids is 1. The number of amides is 1. The molecule has 0 heterocycles. The maximum atomic E-state index is 14.4. The predicted octanol–water partition coefficient (Wildman–Crippen LogP) is 3.73. The van der Waals surface area contributed by atoms with Gasteiger partial charge in [0, 0.05) is 11.1 Å². The van der Waals surface area contributed by atoms with E-state index in [0.717, 1.165) is 5.56 Å². The van der Waals surface area contributed by atoms with Gasteiger partial charge in [-0.2, -0.15) is 0 Å². The summed E-state index contributed by atoms with van der Waals surface area (Å²) in [7, 11) is 0. The second-order valence-corrected chi connectivity index (χ2v) is 6.62. The van der Waals surface area contributed by atoms with Crippen LogP contribution in [0, 0.1) is 5.82 Å². The molecule has 0 radical (unpaired) electrons. The van der Waals surface area contributed by atoms with Crippen LogP contribution in [0.15, 0.2) is 66.7 Å². The van der Waals surface area contributed by atoms with Crippen LogP contribution < -0.4 is 10.5 Å². The molecule has 3 aromatic rings. The highest BCUT2D eigenvalue weighted by atomic mass is 19.1. The number of carboxylic acid groups (broad SMARTS) is 1. The average Bonchev–Trinajstić information content (AvgIpc) is 2.67. The number of carbonyl (C=O) groups is 2. The van der Waals surface area contributed by atoms with E-state index in [2.05, 4.69) is 0 Å². The molecule has 0 aliphatic rings. The van der Waals surface area contributed by atoms with Crippen LogP contribution in [-0.4, -0.2) is 17.0 Å². The average molecular weight is 393 g/mol. The molecule has 0 spiro atoms. The molecular weight excluding hydrogens is 373 g/mol. The number of ether oxygens (including phenoxy) is 1. The second kappa shape index (κ2) is 9.01. The van der Waals surface area contributed by atoms with Crippen molar-refractivity contribution in [3.63, 3.8) is 0 Å². The van der Waals surface area contributed by atoms with Crippen LogP contribution in [-0.2, 0) is 29.0 Å². The number of benzene rings is 3. The van der Waals surface area contributed by atoms with Crippen LogP contribution in [0.5, 0.6) is 5.75 Å². The van der Waals surface area contributed by atoms with Crippen molar-refractivity contribution < 1.29 is 23.8 Å². The van der Waals surface area contributed by atoms with Crippen molar-refractivity contribution >= 4 is 11.9 Å². The number of para-hydroxylation sites is 1. The minimum absolute atomic E-state index is 0.0820. The lowest BCUT2D eigenvalue weighted by Crippen LogP contribution is -2.13. The lowest BCUT2D eigenvalue weighted by atomic mass is 9.99. The number of rotatable bonds is 8. The van der Waals surface area contributed by atoms with Crippen LogP contribution in [0.1, 0.15) is 16.7 Å². The summed E-state index contributed by atoms with van der Waals surface area (Å²) in [6.07, 6.45) is -0.0594. The Kier molecular flexibility index (Phi) is 6.24. The third kappa shape index (κ3) is 5.42. The van der Waals surface area contributed by atoms with Gasteiger partial charge in [0.2, 0.25) is 5.91 Å². The number of hydrogen-bond acceptors (Lipinski definition) is 3. The Morgan fingerprint density at radius 3 is 2.48 bits per heavy atom. The maximum absolute atomic E-state index is 14.4. The third-order valence-electron chi connectivity index (χ3n) is 4.36. The number of carbonyl (C=O) groups excluding carboxylic acids is 1. The first-order valence-corrected chi connectivity index (χ1v) is 9.01. The van der Waals surface area contributed by atoms with Gasteiger partial charge in [-0.1, -0.05) is 48.5 Å². The van der Waals surface area contributed by atoms with E-state index in [1.807, 2.05) is 0 Å². The molecular formula is C23H20FNO4. The summed E-state index contributed by atoms with van der Waals surface area (Å²) in [6, 6.07) is 18.6. The van der Waals surface area contributed by atoms with Crippen molar-refractivity contribution in [1.82, 2.24) is 0 Å². The molecule has 5 nitrogen and oxygen atoms in total. The van der Waals surface area contributed by atoms with Gasteiger partial charge in [0.25, 0.3) is 0 Å². The molecule has 0 saturated carbocycles. The topological polar surface area (TPSA) is 89.6 Å². The van der Waals surface area contributed by atoms with Crippen molar-refractivity contribution in [3.8, 4) is 16.9 Å². The molecule has 0 aliphatic carbocycles. The SMILES string of the molecule is NC(=O)Cc1cccc(-c2cc(COc3ccccc3CC(=O)O)ccc2F)c1. The second-order valence-electron chi connectivity index (χ2n) is 6.62. The summed E-state index contributed by atoms with van der Waals surface area (Å²) in [5.41, 5.74) is 8.26. The van der Waals surface area contributed by atoms with Gasteiger partial charge < -0.3 is 15.6 Å². The summed E-state index contributed by atoms with van der Waals surface area (Å²) in [5.74, 6) is -1.31. The van der Waals surface area contributed by atoms with E-state index in [4.69, 9.17) is 15.6 Å². The molecule has 6 heteroatoms. The first-order chi connectivity index (χ1) is 13.9. The molecule has 0 bridgehead atoms. The van der Waals surface area contributed by atoms with Crippen LogP contribution in [0.3, 0.4) is 0 Å². The van der Waals surface area contributed by atoms with E-state index in [-0.39, 0.29) is 19.4 Å². The van der Waals surface area contributed by atoms with Crippen LogP contribution in [0.25, 0.3) is 11.1 Å². The van der Waals surface area contributed by atoms with Crippen molar-refractivity contribution in [2.45, 2.75) is 19.4 Å². The molecule has 29 heavy (non-hydrogen) atoms. The Balaban J connectivity index is 1.82. The van der Waals surface area contributed by atoms with Gasteiger partial charge in [-0.15, -0.1) is 0 Å². The summed E-state index contributed by atoms with van der Waals surface area (Å²) in [6.45, 7) is 0.158. The molecule has 0 aromatic heterocycles. The lowest BCUT2D eigenvalue weighted by molar-refractivity contribution is -0.136. The summed E-state index contributed by atoms with van der Waals surface area (Å²) >= 11 is 0. The zero-order chi connectivity index (χ0) is 20.8. The normalized spacial score (nSPS) is 10.5. The highest BCUT2D eigenvalue weighted by molar-refractivity contribution is 5.77. The van der Waals surface area contributed by atoms with E-state index in [9.17, 15) is 14.0 Å². The third-order valence-corrected chi connectivity index (χ3v) is 4.36. The smallest absolute Gasteiger partial charge is 0.307 e. The molecule has 3 N–H and O–H groups in total. The molecule has 148 valence electrons. The minimum Gasteiger partial charge on any atom is -0.489 e. The molecule has 3 rings (SSSR count). The highest BCUT2D eigenvalue weighted by Gasteiger charge is 2.11. The van der Waals surface area contributed by atoms with Crippen molar-refractivity contribution in [2.24, 2.45) is 5.73 Å². The molecule has 0 aliphatic heterocycles. The van der Waals surface area contributed by atoms with Gasteiger partial charge in [0.05, 0.1) is 12.8 Å². The van der Waals surface area contributed by atoms with Gasteiger partial charge in [0.1, 0.15) is 18.2 Å². The molecule has 1 amide bonds. The van der Waals surface area contributed by atoms with Crippen LogP contribution in [0.2, 0.25) is 0 Å². The fourth-order valence-electron chi connectivity index (χ4n) is 3.05. The van der Waals surface area contributed by atoms with E-state index in [0.29, 0.717) is 28.0 Å². The Labute approximate surface area is 167 Å². The van der Waals surface area contributed by atoms with Gasteiger partial charge in [-0.05, 0) is 34.9 Å². The Hall–Kier alpha value is -3.67. The van der Waals surface area contributed by atoms with Gasteiger partial charge in [-0.25, -0.2) is 4.39 Å². The first kappa shape index (κ1) is 20.1. The number of hydrogen-bond donors (Lipinski definition) is 2. The number of carboxylic acids is 1. The van der Waals surface area contributed by atoms with E-state index >= 15 is 0 Å². The number of nitrogens with two attached hydrogens (primary N) is 1. The Morgan fingerprint density at radius 1 is 0.931 bits per heavy atom. The fourth-order valence-corrected chi connectivity index (χ4v) is 3.05. The summed E-state index contributed by atoms with van der Waals surface area (Å²) in [4.78, 5) is 22.1. The quantitative estimate of drug-likeness (QED) is 0.610. The molecule has 0 fully saturated rings. The molecule has 0 unspecified atom stereocenters. The van der Waals surface area contributed by atoms with E-state index in [1.54, 1.807) is 60.7 Å². The predicted molar refractivity (Wildman–Crippen MR) is 107 cm³/mol. The van der Waals surface area contributed by atoms with Gasteiger partial charge in [-0.3, -0.25) is 9.59 Å². The zero-order valence-electron chi connectivity index (χ0n) is 15.6. The van der Waals surface area contributed by atoms with Gasteiger partial charge in [0.15, 0.2) is 0 Å². The van der Waals surface area contributed by atoms with Crippen molar-refractivity contribution in [3.05, 3.63) is 89.2 Å². The summed E-state index contributed by atoms with van der Waals surface area (Å²) in [5, 5.41) is 9.02. The van der Waals surface area contributed by atoms with Crippen LogP contribution >= 0.6 is 0 Å². The monoisotopic (exact) mass is 393 g/mol. The van der Waals surface area contributed by atoms with Crippen LogP contribution in [0.4, 0.5) is 4.39 Å². The Bertz CT molecular complexity index is 1050. The summed E-state index contributed by atoms with van der Waals surface area (Å²) < 4.78 is 20.2. The highest BCUT2D eigenvalue weighted by Crippen LogP contribution is 2.26. The fraction of sp³-hybridized carbons (Fsp3) is 0.130. The minimum atomic E-state index is -0.944. The molecule has 0 saturated heterocycles. The van der Waals surface area contributed by atoms with Crippen molar-refractivity contribution in [1.29, 1.82) is 0 Å².